The molecule has 0 aromatic heterocycles. The topological polar surface area (TPSA) is 307 Å². The van der Waals surface area contributed by atoms with Crippen molar-refractivity contribution in [3.8, 4) is 0 Å². The number of hydrogen-bond donors (Lipinski definition) is 12. The minimum Gasteiger partial charge on any atom is -0.394 e. The van der Waals surface area contributed by atoms with Gasteiger partial charge in [0, 0.05) is 6.42 Å². The molecule has 19 nitrogen and oxygen atoms in total. The number of nitrogens with one attached hydrogen (secondary N) is 1. The molecule has 3 aliphatic heterocycles. The van der Waals surface area contributed by atoms with Crippen LogP contribution in [0.4, 0.5) is 0 Å². The zero-order valence-electron chi connectivity index (χ0n) is 47.4. The number of aliphatic hydroxyl groups is 11. The summed E-state index contributed by atoms with van der Waals surface area (Å²) in [6.45, 7) is 1.61. The molecule has 19 heteroatoms. The number of allylic oxidation sites excluding steroid dienone is 5. The van der Waals surface area contributed by atoms with Gasteiger partial charge < -0.3 is 89.9 Å². The minimum absolute atomic E-state index is 0.229. The maximum atomic E-state index is 13.1. The molecule has 12 N–H and O–H groups in total. The van der Waals surface area contributed by atoms with E-state index in [4.69, 9.17) is 28.4 Å². The average molecular weight is 1120 g/mol. The number of amides is 1. The Morgan fingerprint density at radius 2 is 0.821 bits per heavy atom. The van der Waals surface area contributed by atoms with Gasteiger partial charge in [-0.2, -0.15) is 0 Å². The highest BCUT2D eigenvalue weighted by Crippen LogP contribution is 2.33. The molecular formula is C59H107NO18. The maximum Gasteiger partial charge on any atom is 0.220 e. The summed E-state index contributed by atoms with van der Waals surface area (Å²) in [5.41, 5.74) is 0. The van der Waals surface area contributed by atoms with Crippen LogP contribution in [0.1, 0.15) is 200 Å². The smallest absolute Gasteiger partial charge is 0.220 e. The van der Waals surface area contributed by atoms with Gasteiger partial charge in [-0.1, -0.05) is 185 Å². The van der Waals surface area contributed by atoms with E-state index < -0.39 is 124 Å². The fourth-order valence-electron chi connectivity index (χ4n) is 10.2. The molecule has 0 saturated carbocycles. The molecule has 0 spiro atoms. The van der Waals surface area contributed by atoms with E-state index in [-0.39, 0.29) is 18.9 Å². The molecule has 0 aromatic carbocycles. The summed E-state index contributed by atoms with van der Waals surface area (Å²) < 4.78 is 34.1. The lowest BCUT2D eigenvalue weighted by Crippen LogP contribution is -2.66. The van der Waals surface area contributed by atoms with E-state index in [2.05, 4.69) is 43.5 Å². The lowest BCUT2D eigenvalue weighted by molar-refractivity contribution is -0.379. The zero-order chi connectivity index (χ0) is 56.9. The second kappa shape index (κ2) is 42.8. The van der Waals surface area contributed by atoms with Crippen LogP contribution < -0.4 is 5.32 Å². The Morgan fingerprint density at radius 1 is 0.449 bits per heavy atom. The van der Waals surface area contributed by atoms with E-state index in [1.54, 1.807) is 6.08 Å². The monoisotopic (exact) mass is 1120 g/mol. The summed E-state index contributed by atoms with van der Waals surface area (Å²) in [6.07, 6.45) is 19.2. The van der Waals surface area contributed by atoms with Crippen molar-refractivity contribution in [2.75, 3.05) is 26.4 Å². The van der Waals surface area contributed by atoms with E-state index >= 15 is 0 Å². The van der Waals surface area contributed by atoms with Gasteiger partial charge in [-0.15, -0.1) is 0 Å². The van der Waals surface area contributed by atoms with Gasteiger partial charge >= 0.3 is 0 Å². The number of ether oxygens (including phenoxy) is 6. The number of rotatable bonds is 44. The SMILES string of the molecule is CCCCCCCCCCCCCCCCCCC/C=C/CC/C=C/CC/C=C/C(O)C(COC1OC(CO)C(OC2OC(CO)C(OC3OC(CO)C(O)C(O)C3O)C(O)C2O)C(O)C1O)NC(=O)CCCCCCCC. The number of hydrogen-bond acceptors (Lipinski definition) is 18. The van der Waals surface area contributed by atoms with Crippen LogP contribution in [0.3, 0.4) is 0 Å². The Balaban J connectivity index is 1.42. The van der Waals surface area contributed by atoms with Crippen molar-refractivity contribution in [1.29, 1.82) is 0 Å². The minimum atomic E-state index is -1.98. The standard InChI is InChI=1S/C59H107NO18/c1-3-5-7-9-11-12-13-14-15-16-17-18-19-20-21-22-23-24-25-26-27-28-29-30-31-32-34-36-43(64)42(60-47(65)37-35-33-10-8-6-4-2)41-73-57-53(71)50(68)55(45(39-62)75-57)78-59-54(72)51(69)56(46(40-63)76-59)77-58-52(70)49(67)48(66)44(38-61)74-58/h25-26,29-30,34,36,42-46,48-59,61-64,66-72H,3-24,27-28,31-33,35,37-41H2,1-2H3,(H,60,65)/b26-25+,30-29+,36-34+. The predicted octanol–water partition coefficient (Wildman–Crippen LogP) is 5.32. The number of carbonyl (C=O) groups excluding carboxylic acids is 1. The third-order valence-corrected chi connectivity index (χ3v) is 15.2. The molecule has 1 amide bonds. The van der Waals surface area contributed by atoms with Gasteiger partial charge in [-0.3, -0.25) is 4.79 Å². The third-order valence-electron chi connectivity index (χ3n) is 15.2. The Hall–Kier alpha value is -1.99. The van der Waals surface area contributed by atoms with Crippen LogP contribution in [0, 0.1) is 0 Å². The highest BCUT2D eigenvalue weighted by atomic mass is 16.8. The van der Waals surface area contributed by atoms with Crippen LogP contribution in [-0.2, 0) is 33.2 Å². The highest BCUT2D eigenvalue weighted by Gasteiger charge is 2.53. The summed E-state index contributed by atoms with van der Waals surface area (Å²) in [5, 5.41) is 120. The number of carbonyl (C=O) groups is 1. The fourth-order valence-corrected chi connectivity index (χ4v) is 10.2. The van der Waals surface area contributed by atoms with E-state index in [1.165, 1.54) is 109 Å². The highest BCUT2D eigenvalue weighted by molar-refractivity contribution is 5.76. The molecule has 3 saturated heterocycles. The van der Waals surface area contributed by atoms with Gasteiger partial charge in [0.25, 0.3) is 0 Å². The Kier molecular flexibility index (Phi) is 38.5. The molecular weight excluding hydrogens is 1010 g/mol. The lowest BCUT2D eigenvalue weighted by atomic mass is 9.96. The van der Waals surface area contributed by atoms with E-state index in [9.17, 15) is 61.0 Å². The molecule has 0 bridgehead atoms. The van der Waals surface area contributed by atoms with Crippen molar-refractivity contribution in [2.45, 2.75) is 304 Å². The van der Waals surface area contributed by atoms with Gasteiger partial charge in [0.1, 0.15) is 73.2 Å². The van der Waals surface area contributed by atoms with Crippen molar-refractivity contribution in [3.63, 3.8) is 0 Å². The molecule has 0 radical (unpaired) electrons. The Morgan fingerprint density at radius 3 is 1.28 bits per heavy atom. The zero-order valence-corrected chi connectivity index (χ0v) is 47.4. The Labute approximate surface area is 466 Å². The van der Waals surface area contributed by atoms with Crippen molar-refractivity contribution < 1.29 is 89.4 Å². The summed E-state index contributed by atoms with van der Waals surface area (Å²) >= 11 is 0. The second-order valence-corrected chi connectivity index (χ2v) is 21.8. The van der Waals surface area contributed by atoms with Crippen LogP contribution >= 0.6 is 0 Å². The summed E-state index contributed by atoms with van der Waals surface area (Å²) in [4.78, 5) is 13.1. The van der Waals surface area contributed by atoms with E-state index in [0.717, 1.165) is 57.8 Å². The summed E-state index contributed by atoms with van der Waals surface area (Å²) in [5.74, 6) is -0.300. The third kappa shape index (κ3) is 26.5. The normalized spacial score (nSPS) is 30.7. The first kappa shape index (κ1) is 70.3. The van der Waals surface area contributed by atoms with Gasteiger partial charge in [0.15, 0.2) is 18.9 Å². The molecule has 0 aromatic rings. The van der Waals surface area contributed by atoms with Crippen LogP contribution in [0.25, 0.3) is 0 Å². The molecule has 78 heavy (non-hydrogen) atoms. The van der Waals surface area contributed by atoms with Crippen molar-refractivity contribution in [2.24, 2.45) is 0 Å². The fraction of sp³-hybridized carbons (Fsp3) is 0.881. The number of unbranched alkanes of at least 4 members (excludes halogenated alkanes) is 24. The van der Waals surface area contributed by atoms with Gasteiger partial charge in [-0.25, -0.2) is 0 Å². The second-order valence-electron chi connectivity index (χ2n) is 21.8. The van der Waals surface area contributed by atoms with Gasteiger partial charge in [0.05, 0.1) is 38.6 Å². The number of aliphatic hydroxyl groups excluding tert-OH is 11. The average Bonchev–Trinajstić information content (AvgIpc) is 3.46. The quantitative estimate of drug-likeness (QED) is 0.0271. The lowest BCUT2D eigenvalue weighted by Gasteiger charge is -2.48. The predicted molar refractivity (Wildman–Crippen MR) is 296 cm³/mol. The first-order valence-corrected chi connectivity index (χ1v) is 30.2. The molecule has 456 valence electrons. The first-order chi connectivity index (χ1) is 37.8. The summed E-state index contributed by atoms with van der Waals surface area (Å²) in [6, 6.07) is -0.990. The molecule has 0 aliphatic carbocycles. The molecule has 3 heterocycles. The Bertz CT molecular complexity index is 1570. The van der Waals surface area contributed by atoms with Gasteiger partial charge in [-0.05, 0) is 44.9 Å². The maximum absolute atomic E-state index is 13.1. The molecule has 17 atom stereocenters. The largest absolute Gasteiger partial charge is 0.394 e. The van der Waals surface area contributed by atoms with Crippen LogP contribution in [-0.4, -0.2) is 193 Å². The molecule has 3 aliphatic rings. The van der Waals surface area contributed by atoms with Crippen molar-refractivity contribution in [1.82, 2.24) is 5.32 Å². The molecule has 3 fully saturated rings. The van der Waals surface area contributed by atoms with Crippen molar-refractivity contribution >= 4 is 5.91 Å². The van der Waals surface area contributed by atoms with E-state index in [0.29, 0.717) is 12.8 Å². The van der Waals surface area contributed by atoms with E-state index in [1.807, 2.05) is 6.08 Å². The molecule has 3 rings (SSSR count). The van der Waals surface area contributed by atoms with Crippen molar-refractivity contribution in [3.05, 3.63) is 36.5 Å². The first-order valence-electron chi connectivity index (χ1n) is 30.2. The summed E-state index contributed by atoms with van der Waals surface area (Å²) in [7, 11) is 0. The molecule has 17 unspecified atom stereocenters. The van der Waals surface area contributed by atoms with Gasteiger partial charge in [0.2, 0.25) is 5.91 Å². The van der Waals surface area contributed by atoms with Crippen LogP contribution in [0.15, 0.2) is 36.5 Å². The van der Waals surface area contributed by atoms with Crippen LogP contribution in [0.2, 0.25) is 0 Å². The van der Waals surface area contributed by atoms with Crippen LogP contribution in [0.5, 0.6) is 0 Å².